The summed E-state index contributed by atoms with van der Waals surface area (Å²) in [7, 11) is 0. The number of ether oxygens (including phenoxy) is 1. The maximum absolute atomic E-state index is 11.6. The maximum atomic E-state index is 11.6. The fourth-order valence-electron chi connectivity index (χ4n) is 1.61. The van der Waals surface area contributed by atoms with Crippen molar-refractivity contribution in [2.75, 3.05) is 6.54 Å². The molecule has 0 heterocycles. The maximum Gasteiger partial charge on any atom is 0.311 e. The molecule has 0 atom stereocenters. The van der Waals surface area contributed by atoms with E-state index in [1.807, 2.05) is 0 Å². The molecule has 0 aliphatic carbocycles. The van der Waals surface area contributed by atoms with Gasteiger partial charge in [0.25, 0.3) is 0 Å². The standard InChI is InChI=1S/C15H21N3O2/c16-11-3-1-2-4-15(19)20-13-8-5-12(6-9-13)7-10-14(17)18/h5-10H,1-4,11,16H2,(H3,17,18)/b10-7+. The Balaban J connectivity index is 2.41. The van der Waals surface area contributed by atoms with Crippen LogP contribution in [-0.2, 0) is 4.79 Å². The number of rotatable bonds is 8. The molecule has 0 bridgehead atoms. The van der Waals surface area contributed by atoms with E-state index in [2.05, 4.69) is 0 Å². The first-order valence-electron chi connectivity index (χ1n) is 6.64. The van der Waals surface area contributed by atoms with Gasteiger partial charge < -0.3 is 16.2 Å². The smallest absolute Gasteiger partial charge is 0.311 e. The van der Waals surface area contributed by atoms with Gasteiger partial charge in [0.15, 0.2) is 0 Å². The van der Waals surface area contributed by atoms with Crippen molar-refractivity contribution in [2.45, 2.75) is 25.7 Å². The van der Waals surface area contributed by atoms with Crippen molar-refractivity contribution in [1.82, 2.24) is 0 Å². The lowest BCUT2D eigenvalue weighted by molar-refractivity contribution is -0.134. The average molecular weight is 275 g/mol. The molecule has 5 heteroatoms. The number of nitrogens with one attached hydrogen (secondary N) is 1. The number of hydrogen-bond donors (Lipinski definition) is 3. The van der Waals surface area contributed by atoms with Crippen molar-refractivity contribution in [1.29, 1.82) is 5.41 Å². The second kappa shape index (κ2) is 8.87. The molecule has 0 unspecified atom stereocenters. The molecular weight excluding hydrogens is 254 g/mol. The first-order chi connectivity index (χ1) is 9.61. The highest BCUT2D eigenvalue weighted by molar-refractivity contribution is 5.92. The number of unbranched alkanes of at least 4 members (excludes halogenated alkanes) is 2. The molecular formula is C15H21N3O2. The van der Waals surface area contributed by atoms with E-state index in [1.54, 1.807) is 30.3 Å². The Morgan fingerprint density at radius 1 is 1.20 bits per heavy atom. The van der Waals surface area contributed by atoms with E-state index in [4.69, 9.17) is 21.6 Å². The monoisotopic (exact) mass is 275 g/mol. The van der Waals surface area contributed by atoms with Crippen LogP contribution in [0.2, 0.25) is 0 Å². The highest BCUT2D eigenvalue weighted by Crippen LogP contribution is 2.14. The van der Waals surface area contributed by atoms with Crippen molar-refractivity contribution in [3.8, 4) is 5.75 Å². The molecule has 0 aliphatic heterocycles. The second-order valence-corrected chi connectivity index (χ2v) is 4.43. The molecule has 0 spiro atoms. The molecule has 0 saturated carbocycles. The van der Waals surface area contributed by atoms with Crippen LogP contribution in [-0.4, -0.2) is 18.3 Å². The number of carbonyl (C=O) groups is 1. The molecule has 5 nitrogen and oxygen atoms in total. The van der Waals surface area contributed by atoms with Gasteiger partial charge in [-0.3, -0.25) is 10.2 Å². The van der Waals surface area contributed by atoms with Gasteiger partial charge in [-0.05, 0) is 43.2 Å². The summed E-state index contributed by atoms with van der Waals surface area (Å²) in [4.78, 5) is 11.6. The Bertz CT molecular complexity index is 467. The number of amidine groups is 1. The zero-order valence-corrected chi connectivity index (χ0v) is 11.5. The normalized spacial score (nSPS) is 10.7. The Kier molecular flexibility index (Phi) is 7.06. The van der Waals surface area contributed by atoms with Gasteiger partial charge in [0.1, 0.15) is 11.6 Å². The van der Waals surface area contributed by atoms with E-state index in [-0.39, 0.29) is 11.8 Å². The van der Waals surface area contributed by atoms with Crippen LogP contribution in [0.4, 0.5) is 0 Å². The zero-order chi connectivity index (χ0) is 14.8. The molecule has 20 heavy (non-hydrogen) atoms. The second-order valence-electron chi connectivity index (χ2n) is 4.43. The molecule has 0 aromatic heterocycles. The fraction of sp³-hybridized carbons (Fsp3) is 0.333. The molecule has 0 saturated heterocycles. The summed E-state index contributed by atoms with van der Waals surface area (Å²) in [6, 6.07) is 7.04. The Morgan fingerprint density at radius 3 is 2.50 bits per heavy atom. The topological polar surface area (TPSA) is 102 Å². The number of carbonyl (C=O) groups excluding carboxylic acids is 1. The number of esters is 1. The summed E-state index contributed by atoms with van der Waals surface area (Å²) in [5.74, 6) is 0.292. The van der Waals surface area contributed by atoms with Crippen LogP contribution in [0.1, 0.15) is 31.2 Å². The fourth-order valence-corrected chi connectivity index (χ4v) is 1.61. The van der Waals surface area contributed by atoms with Crippen molar-refractivity contribution >= 4 is 17.9 Å². The predicted octanol–water partition coefficient (Wildman–Crippen LogP) is 2.06. The van der Waals surface area contributed by atoms with Crippen LogP contribution in [0.25, 0.3) is 6.08 Å². The van der Waals surface area contributed by atoms with E-state index in [0.717, 1.165) is 24.8 Å². The van der Waals surface area contributed by atoms with E-state index >= 15 is 0 Å². The average Bonchev–Trinajstić information content (AvgIpc) is 2.43. The van der Waals surface area contributed by atoms with Gasteiger partial charge in [-0.25, -0.2) is 0 Å². The Hall–Kier alpha value is -2.14. The van der Waals surface area contributed by atoms with Crippen LogP contribution < -0.4 is 16.2 Å². The van der Waals surface area contributed by atoms with Crippen molar-refractivity contribution in [3.05, 3.63) is 35.9 Å². The van der Waals surface area contributed by atoms with Crippen molar-refractivity contribution in [2.24, 2.45) is 11.5 Å². The summed E-state index contributed by atoms with van der Waals surface area (Å²) in [6.45, 7) is 0.657. The summed E-state index contributed by atoms with van der Waals surface area (Å²) in [5.41, 5.74) is 11.5. The number of nitrogens with two attached hydrogens (primary N) is 2. The van der Waals surface area contributed by atoms with Crippen LogP contribution in [0.3, 0.4) is 0 Å². The summed E-state index contributed by atoms with van der Waals surface area (Å²) >= 11 is 0. The third-order valence-electron chi connectivity index (χ3n) is 2.65. The van der Waals surface area contributed by atoms with Crippen molar-refractivity contribution in [3.63, 3.8) is 0 Å². The van der Waals surface area contributed by atoms with Crippen molar-refractivity contribution < 1.29 is 9.53 Å². The number of hydrogen-bond acceptors (Lipinski definition) is 4. The van der Waals surface area contributed by atoms with E-state index in [9.17, 15) is 4.79 Å². The molecule has 0 fully saturated rings. The van der Waals surface area contributed by atoms with Gasteiger partial charge in [-0.2, -0.15) is 0 Å². The van der Waals surface area contributed by atoms with Gasteiger partial charge >= 0.3 is 5.97 Å². The van der Waals surface area contributed by atoms with E-state index in [1.165, 1.54) is 6.08 Å². The Morgan fingerprint density at radius 2 is 1.90 bits per heavy atom. The van der Waals surface area contributed by atoms with E-state index < -0.39 is 0 Å². The van der Waals surface area contributed by atoms with E-state index in [0.29, 0.717) is 18.7 Å². The summed E-state index contributed by atoms with van der Waals surface area (Å²) < 4.78 is 5.21. The van der Waals surface area contributed by atoms with Gasteiger partial charge in [-0.1, -0.05) is 24.6 Å². The molecule has 5 N–H and O–H groups in total. The van der Waals surface area contributed by atoms with Crippen LogP contribution in [0.5, 0.6) is 5.75 Å². The largest absolute Gasteiger partial charge is 0.427 e. The van der Waals surface area contributed by atoms with Crippen LogP contribution >= 0.6 is 0 Å². The zero-order valence-electron chi connectivity index (χ0n) is 11.5. The summed E-state index contributed by atoms with van der Waals surface area (Å²) in [6.07, 6.45) is 6.31. The Labute approximate surface area is 119 Å². The lowest BCUT2D eigenvalue weighted by Crippen LogP contribution is -2.08. The highest BCUT2D eigenvalue weighted by atomic mass is 16.5. The molecule has 108 valence electrons. The minimum absolute atomic E-state index is 0.00187. The third kappa shape index (κ3) is 6.70. The van der Waals surface area contributed by atoms with Crippen LogP contribution in [0.15, 0.2) is 30.3 Å². The molecule has 0 amide bonds. The predicted molar refractivity (Wildman–Crippen MR) is 80.5 cm³/mol. The first-order valence-corrected chi connectivity index (χ1v) is 6.64. The minimum Gasteiger partial charge on any atom is -0.427 e. The minimum atomic E-state index is -0.228. The third-order valence-corrected chi connectivity index (χ3v) is 2.65. The molecule has 0 aliphatic rings. The van der Waals surface area contributed by atoms with Gasteiger partial charge in [0.05, 0.1) is 0 Å². The quantitative estimate of drug-likeness (QED) is 0.222. The lowest BCUT2D eigenvalue weighted by Gasteiger charge is -2.04. The number of benzene rings is 1. The molecule has 0 radical (unpaired) electrons. The first kappa shape index (κ1) is 15.9. The van der Waals surface area contributed by atoms with Gasteiger partial charge in [0.2, 0.25) is 0 Å². The highest BCUT2D eigenvalue weighted by Gasteiger charge is 2.04. The molecule has 1 rings (SSSR count). The molecule has 1 aromatic rings. The molecule has 1 aromatic carbocycles. The SMILES string of the molecule is N=C(N)/C=C/c1ccc(OC(=O)CCCCCN)cc1. The van der Waals surface area contributed by atoms with Crippen LogP contribution in [0, 0.1) is 5.41 Å². The summed E-state index contributed by atoms with van der Waals surface area (Å²) in [5, 5.41) is 7.09. The van der Waals surface area contributed by atoms with Gasteiger partial charge in [-0.15, -0.1) is 0 Å². The lowest BCUT2D eigenvalue weighted by atomic mass is 10.2. The van der Waals surface area contributed by atoms with Gasteiger partial charge in [0, 0.05) is 6.42 Å².